The third-order valence-corrected chi connectivity index (χ3v) is 6.26. The first-order valence-corrected chi connectivity index (χ1v) is 10.9. The lowest BCUT2D eigenvalue weighted by Crippen LogP contribution is -2.41. The van der Waals surface area contributed by atoms with E-state index in [9.17, 15) is 32.7 Å². The molecule has 0 aliphatic heterocycles. The highest BCUT2D eigenvalue weighted by atomic mass is 19.4. The second-order valence-corrected chi connectivity index (χ2v) is 8.34. The molecule has 1 aliphatic carbocycles. The number of benzene rings is 2. The van der Waals surface area contributed by atoms with Gasteiger partial charge in [0.2, 0.25) is 0 Å². The number of hydrogen-bond acceptors (Lipinski definition) is 4. The number of rotatable bonds is 6. The Hall–Kier alpha value is -3.56. The molecule has 1 heterocycles. The Morgan fingerprint density at radius 1 is 1.03 bits per heavy atom. The normalized spacial score (nSPS) is 17.7. The first-order valence-electron chi connectivity index (χ1n) is 10.9. The highest BCUT2D eigenvalue weighted by Crippen LogP contribution is 2.49. The number of nitrogens with zero attached hydrogens (tertiary/aromatic N) is 2. The van der Waals surface area contributed by atoms with Crippen LogP contribution in [0.15, 0.2) is 39.9 Å². The van der Waals surface area contributed by atoms with Gasteiger partial charge in [-0.3, -0.25) is 14.4 Å². The zero-order chi connectivity index (χ0) is 24.9. The van der Waals surface area contributed by atoms with E-state index in [1.54, 1.807) is 32.9 Å². The van der Waals surface area contributed by atoms with Crippen LogP contribution in [0.1, 0.15) is 37.3 Å². The Kier molecular flexibility index (Phi) is 5.79. The van der Waals surface area contributed by atoms with E-state index >= 15 is 0 Å². The van der Waals surface area contributed by atoms with Crippen molar-refractivity contribution >= 4 is 17.0 Å². The molecule has 7 nitrogen and oxygen atoms in total. The summed E-state index contributed by atoms with van der Waals surface area (Å²) in [6, 6.07) is 7.42. The van der Waals surface area contributed by atoms with Crippen LogP contribution in [-0.2, 0) is 17.9 Å². The molecule has 0 saturated heterocycles. The Balaban J connectivity index is 1.99. The maximum Gasteiger partial charge on any atom is 0.573 e. The molecule has 1 fully saturated rings. The van der Waals surface area contributed by atoms with Gasteiger partial charge in [0.05, 0.1) is 17.0 Å². The number of alkyl halides is 3. The minimum atomic E-state index is -4.93. The van der Waals surface area contributed by atoms with Crippen LogP contribution in [0.4, 0.5) is 13.2 Å². The summed E-state index contributed by atoms with van der Waals surface area (Å²) >= 11 is 0. The van der Waals surface area contributed by atoms with Crippen LogP contribution in [0.2, 0.25) is 0 Å². The van der Waals surface area contributed by atoms with Crippen molar-refractivity contribution in [1.29, 1.82) is 0 Å². The topological polar surface area (TPSA) is 90.5 Å². The largest absolute Gasteiger partial charge is 0.573 e. The molecule has 0 amide bonds. The summed E-state index contributed by atoms with van der Waals surface area (Å²) < 4.78 is 46.4. The van der Waals surface area contributed by atoms with E-state index in [0.29, 0.717) is 34.1 Å². The number of ether oxygens (including phenoxy) is 1. The van der Waals surface area contributed by atoms with Crippen molar-refractivity contribution in [2.75, 3.05) is 0 Å². The fourth-order valence-corrected chi connectivity index (χ4v) is 4.52. The lowest BCUT2D eigenvalue weighted by molar-refractivity contribution is -0.274. The van der Waals surface area contributed by atoms with Crippen LogP contribution < -0.4 is 15.9 Å². The van der Waals surface area contributed by atoms with E-state index < -0.39 is 35.1 Å². The van der Waals surface area contributed by atoms with Gasteiger partial charge >= 0.3 is 23.5 Å². The first kappa shape index (κ1) is 23.6. The molecule has 1 aliphatic rings. The van der Waals surface area contributed by atoms with Crippen molar-refractivity contribution in [1.82, 2.24) is 9.13 Å². The summed E-state index contributed by atoms with van der Waals surface area (Å²) in [7, 11) is 0. The molecule has 10 heteroatoms. The molecule has 4 rings (SSSR count). The van der Waals surface area contributed by atoms with Gasteiger partial charge in [-0.15, -0.1) is 13.2 Å². The lowest BCUT2D eigenvalue weighted by atomic mass is 9.95. The summed E-state index contributed by atoms with van der Waals surface area (Å²) in [6.45, 7) is 5.58. The summed E-state index contributed by atoms with van der Waals surface area (Å²) in [4.78, 5) is 36.5. The minimum absolute atomic E-state index is 0.134. The second kappa shape index (κ2) is 8.34. The quantitative estimate of drug-likeness (QED) is 0.537. The molecule has 1 aromatic heterocycles. The van der Waals surface area contributed by atoms with Gasteiger partial charge < -0.3 is 19.0 Å². The Morgan fingerprint density at radius 3 is 2.12 bits per heavy atom. The molecule has 2 aromatic carbocycles. The third kappa shape index (κ3) is 4.08. The minimum Gasteiger partial charge on any atom is -0.481 e. The van der Waals surface area contributed by atoms with E-state index in [4.69, 9.17) is 0 Å². The van der Waals surface area contributed by atoms with Crippen LogP contribution in [0.25, 0.3) is 22.2 Å². The molecule has 180 valence electrons. The van der Waals surface area contributed by atoms with Crippen molar-refractivity contribution in [3.63, 3.8) is 0 Å². The van der Waals surface area contributed by atoms with Crippen molar-refractivity contribution in [2.24, 2.45) is 5.92 Å². The molecular weight excluding hydrogens is 453 g/mol. The summed E-state index contributed by atoms with van der Waals surface area (Å²) in [6.07, 6.45) is -4.53. The van der Waals surface area contributed by atoms with Gasteiger partial charge in [-0.25, -0.2) is 0 Å². The van der Waals surface area contributed by atoms with Gasteiger partial charge in [0.25, 0.3) is 0 Å². The number of carboxylic acid groups (broad SMARTS) is 1. The molecule has 0 spiro atoms. The molecule has 0 radical (unpaired) electrons. The zero-order valence-corrected chi connectivity index (χ0v) is 18.8. The van der Waals surface area contributed by atoms with Crippen molar-refractivity contribution in [3.8, 4) is 16.9 Å². The van der Waals surface area contributed by atoms with Crippen LogP contribution in [-0.4, -0.2) is 26.6 Å². The second-order valence-electron chi connectivity index (χ2n) is 8.34. The smallest absolute Gasteiger partial charge is 0.481 e. The molecular formula is C24H23F3N2O5. The first-order chi connectivity index (χ1) is 16.0. The third-order valence-electron chi connectivity index (χ3n) is 6.26. The number of aliphatic carboxylic acids is 1. The maximum absolute atomic E-state index is 13.2. The monoisotopic (exact) mass is 476 g/mol. The average Bonchev–Trinajstić information content (AvgIpc) is 3.56. The van der Waals surface area contributed by atoms with E-state index in [1.807, 2.05) is 0 Å². The van der Waals surface area contributed by atoms with E-state index in [1.165, 1.54) is 27.3 Å². The van der Waals surface area contributed by atoms with E-state index in [0.717, 1.165) is 0 Å². The number of fused-ring (bicyclic) bond motifs is 1. The highest BCUT2D eigenvalue weighted by Gasteiger charge is 2.44. The van der Waals surface area contributed by atoms with E-state index in [-0.39, 0.29) is 24.6 Å². The van der Waals surface area contributed by atoms with Gasteiger partial charge in [0.1, 0.15) is 5.75 Å². The van der Waals surface area contributed by atoms with Gasteiger partial charge in [-0.2, -0.15) is 0 Å². The lowest BCUT2D eigenvalue weighted by Gasteiger charge is -2.19. The predicted octanol–water partition coefficient (Wildman–Crippen LogP) is 4.27. The average molecular weight is 476 g/mol. The summed E-state index contributed by atoms with van der Waals surface area (Å²) in [5.74, 6) is -2.26. The molecule has 2 atom stereocenters. The number of hydrogen-bond donors (Lipinski definition) is 1. The van der Waals surface area contributed by atoms with Crippen LogP contribution >= 0.6 is 0 Å². The molecule has 3 aromatic rings. The summed E-state index contributed by atoms with van der Waals surface area (Å²) in [5.41, 5.74) is 1.23. The number of carboxylic acids is 1. The van der Waals surface area contributed by atoms with Crippen molar-refractivity contribution < 1.29 is 27.8 Å². The van der Waals surface area contributed by atoms with Gasteiger partial charge in [0, 0.05) is 18.7 Å². The van der Waals surface area contributed by atoms with E-state index in [2.05, 4.69) is 4.74 Å². The predicted molar refractivity (Wildman–Crippen MR) is 119 cm³/mol. The Labute approximate surface area is 192 Å². The highest BCUT2D eigenvalue weighted by molar-refractivity contribution is 5.86. The zero-order valence-electron chi connectivity index (χ0n) is 18.8. The Morgan fingerprint density at radius 2 is 1.62 bits per heavy atom. The fourth-order valence-electron chi connectivity index (χ4n) is 4.52. The van der Waals surface area contributed by atoms with Crippen molar-refractivity contribution in [2.45, 2.75) is 52.6 Å². The maximum atomic E-state index is 13.2. The molecule has 0 unspecified atom stereocenters. The van der Waals surface area contributed by atoms with Crippen molar-refractivity contribution in [3.05, 3.63) is 62.2 Å². The van der Waals surface area contributed by atoms with Crippen LogP contribution in [0.5, 0.6) is 5.75 Å². The fraction of sp³-hybridized carbons (Fsp3) is 0.375. The van der Waals surface area contributed by atoms with Gasteiger partial charge in [-0.05, 0) is 74.1 Å². The number of aryl methyl sites for hydroxylation is 3. The van der Waals surface area contributed by atoms with Crippen LogP contribution in [0.3, 0.4) is 0 Å². The molecule has 0 bridgehead atoms. The Bertz CT molecular complexity index is 1420. The number of aromatic nitrogens is 2. The molecule has 34 heavy (non-hydrogen) atoms. The standard InChI is InChI=1S/C24H23F3N2O5/c1-4-28-18-8-12(3)14(11-19(18)29(5-2)22(31)21(28)30)16-9-13(15-10-17(15)23(32)33)6-7-20(16)34-24(25,26)27/h6-9,11,15,17H,4-5,10H2,1-3H3,(H,32,33)/t15-,17+/m0/s1. The molecule has 1 saturated carbocycles. The summed E-state index contributed by atoms with van der Waals surface area (Å²) in [5, 5.41) is 9.26. The number of halogens is 3. The van der Waals surface area contributed by atoms with Gasteiger partial charge in [-0.1, -0.05) is 6.07 Å². The van der Waals surface area contributed by atoms with Crippen LogP contribution in [0, 0.1) is 12.8 Å². The SMILES string of the molecule is CCn1c(=O)c(=O)n(CC)c2cc(-c3cc([C@@H]4C[C@H]4C(=O)O)ccc3OC(F)(F)F)c(C)cc21. The van der Waals surface area contributed by atoms with Gasteiger partial charge in [0.15, 0.2) is 0 Å². The molecule has 1 N–H and O–H groups in total. The number of carbonyl (C=O) groups is 1.